The Morgan fingerprint density at radius 3 is 2.44 bits per heavy atom. The SMILES string of the molecule is Cc1nnc(CNCC(C2CC2)C2CC2)o1. The second kappa shape index (κ2) is 4.17. The lowest BCUT2D eigenvalue weighted by molar-refractivity contribution is 0.363. The van der Waals surface area contributed by atoms with Crippen molar-refractivity contribution in [2.24, 2.45) is 17.8 Å². The van der Waals surface area contributed by atoms with Gasteiger partial charge in [-0.1, -0.05) is 0 Å². The highest BCUT2D eigenvalue weighted by Gasteiger charge is 2.40. The first-order chi connectivity index (χ1) is 7.83. The van der Waals surface area contributed by atoms with E-state index in [0.717, 1.165) is 30.8 Å². The average molecular weight is 221 g/mol. The van der Waals surface area contributed by atoms with Crippen LogP contribution in [0.4, 0.5) is 0 Å². The highest BCUT2D eigenvalue weighted by molar-refractivity contribution is 4.92. The average Bonchev–Trinajstić information content (AvgIpc) is 3.15. The van der Waals surface area contributed by atoms with E-state index in [9.17, 15) is 0 Å². The van der Waals surface area contributed by atoms with Gasteiger partial charge in [-0.25, -0.2) is 0 Å². The van der Waals surface area contributed by atoms with Gasteiger partial charge in [0.15, 0.2) is 0 Å². The lowest BCUT2D eigenvalue weighted by atomic mass is 9.98. The van der Waals surface area contributed by atoms with Crippen molar-refractivity contribution in [1.82, 2.24) is 15.5 Å². The van der Waals surface area contributed by atoms with Crippen LogP contribution in [0.25, 0.3) is 0 Å². The van der Waals surface area contributed by atoms with Gasteiger partial charge in [-0.15, -0.1) is 10.2 Å². The monoisotopic (exact) mass is 221 g/mol. The maximum atomic E-state index is 5.33. The number of aryl methyl sites for hydroxylation is 1. The van der Waals surface area contributed by atoms with E-state index in [0.29, 0.717) is 11.8 Å². The normalized spacial score (nSPS) is 20.6. The van der Waals surface area contributed by atoms with Gasteiger partial charge >= 0.3 is 0 Å². The zero-order valence-electron chi connectivity index (χ0n) is 9.78. The lowest BCUT2D eigenvalue weighted by Gasteiger charge is -2.15. The first-order valence-corrected chi connectivity index (χ1v) is 6.32. The molecule has 4 heteroatoms. The van der Waals surface area contributed by atoms with Crippen LogP contribution in [0.3, 0.4) is 0 Å². The molecule has 0 amide bonds. The molecule has 1 heterocycles. The predicted molar refractivity (Wildman–Crippen MR) is 59.7 cm³/mol. The summed E-state index contributed by atoms with van der Waals surface area (Å²) in [7, 11) is 0. The van der Waals surface area contributed by atoms with Gasteiger partial charge in [-0.2, -0.15) is 0 Å². The fraction of sp³-hybridized carbons (Fsp3) is 0.833. The largest absolute Gasteiger partial charge is 0.424 e. The van der Waals surface area contributed by atoms with Gasteiger partial charge in [0.25, 0.3) is 0 Å². The fourth-order valence-electron chi connectivity index (χ4n) is 2.52. The van der Waals surface area contributed by atoms with Crippen molar-refractivity contribution in [2.75, 3.05) is 6.54 Å². The van der Waals surface area contributed by atoms with Crippen molar-refractivity contribution in [3.8, 4) is 0 Å². The van der Waals surface area contributed by atoms with Crippen LogP contribution in [0.15, 0.2) is 4.42 Å². The first-order valence-electron chi connectivity index (χ1n) is 6.32. The maximum absolute atomic E-state index is 5.33. The van der Waals surface area contributed by atoms with Crippen molar-refractivity contribution in [3.05, 3.63) is 11.8 Å². The third-order valence-electron chi connectivity index (χ3n) is 3.68. The van der Waals surface area contributed by atoms with E-state index in [1.54, 1.807) is 0 Å². The Morgan fingerprint density at radius 2 is 1.94 bits per heavy atom. The third kappa shape index (κ3) is 2.43. The Labute approximate surface area is 95.8 Å². The number of nitrogens with one attached hydrogen (secondary N) is 1. The molecule has 16 heavy (non-hydrogen) atoms. The highest BCUT2D eigenvalue weighted by Crippen LogP contribution is 2.48. The molecular weight excluding hydrogens is 202 g/mol. The minimum Gasteiger partial charge on any atom is -0.424 e. The van der Waals surface area contributed by atoms with Crippen molar-refractivity contribution in [2.45, 2.75) is 39.2 Å². The predicted octanol–water partition coefficient (Wildman–Crippen LogP) is 1.90. The van der Waals surface area contributed by atoms with E-state index in [1.165, 1.54) is 25.7 Å². The summed E-state index contributed by atoms with van der Waals surface area (Å²) in [5.74, 6) is 4.28. The molecule has 0 saturated heterocycles. The number of nitrogens with zero attached hydrogens (tertiary/aromatic N) is 2. The molecule has 88 valence electrons. The van der Waals surface area contributed by atoms with Gasteiger partial charge in [0, 0.05) is 6.92 Å². The molecule has 1 N–H and O–H groups in total. The topological polar surface area (TPSA) is 51.0 Å². The van der Waals surface area contributed by atoms with Gasteiger partial charge in [-0.3, -0.25) is 0 Å². The summed E-state index contributed by atoms with van der Waals surface area (Å²) in [5.41, 5.74) is 0. The fourth-order valence-corrected chi connectivity index (χ4v) is 2.52. The van der Waals surface area contributed by atoms with Crippen LogP contribution in [0, 0.1) is 24.7 Å². The van der Waals surface area contributed by atoms with E-state index >= 15 is 0 Å². The zero-order chi connectivity index (χ0) is 11.0. The molecule has 3 rings (SSSR count). The van der Waals surface area contributed by atoms with Gasteiger partial charge in [0.05, 0.1) is 6.54 Å². The molecule has 0 spiro atoms. The minimum atomic E-state index is 0.651. The summed E-state index contributed by atoms with van der Waals surface area (Å²) in [6.07, 6.45) is 5.79. The van der Waals surface area contributed by atoms with E-state index in [4.69, 9.17) is 4.42 Å². The molecule has 0 bridgehead atoms. The van der Waals surface area contributed by atoms with Gasteiger partial charge < -0.3 is 9.73 Å². The number of rotatable bonds is 6. The second-order valence-corrected chi connectivity index (χ2v) is 5.18. The van der Waals surface area contributed by atoms with Crippen molar-refractivity contribution in [1.29, 1.82) is 0 Å². The van der Waals surface area contributed by atoms with Gasteiger partial charge in [0.1, 0.15) is 0 Å². The number of hydrogen-bond donors (Lipinski definition) is 1. The second-order valence-electron chi connectivity index (χ2n) is 5.18. The zero-order valence-corrected chi connectivity index (χ0v) is 9.78. The smallest absolute Gasteiger partial charge is 0.230 e. The van der Waals surface area contributed by atoms with Crippen LogP contribution in [0.5, 0.6) is 0 Å². The van der Waals surface area contributed by atoms with Crippen LogP contribution in [-0.4, -0.2) is 16.7 Å². The summed E-state index contributed by atoms with van der Waals surface area (Å²) in [5, 5.41) is 11.3. The van der Waals surface area contributed by atoms with E-state index < -0.39 is 0 Å². The molecule has 0 aliphatic heterocycles. The maximum Gasteiger partial charge on any atom is 0.230 e. The molecule has 0 aromatic carbocycles. The van der Waals surface area contributed by atoms with Gasteiger partial charge in [-0.05, 0) is 50.0 Å². The molecule has 0 unspecified atom stereocenters. The minimum absolute atomic E-state index is 0.651. The Hall–Kier alpha value is -0.900. The molecule has 1 aromatic heterocycles. The summed E-state index contributed by atoms with van der Waals surface area (Å²) in [4.78, 5) is 0. The Morgan fingerprint density at radius 1 is 1.25 bits per heavy atom. The molecule has 1 aromatic rings. The van der Waals surface area contributed by atoms with Crippen molar-refractivity contribution >= 4 is 0 Å². The molecular formula is C12H19N3O. The molecule has 2 aliphatic carbocycles. The summed E-state index contributed by atoms with van der Waals surface area (Å²) in [6.45, 7) is 3.67. The van der Waals surface area contributed by atoms with Gasteiger partial charge in [0.2, 0.25) is 11.8 Å². The van der Waals surface area contributed by atoms with E-state index in [-0.39, 0.29) is 0 Å². The van der Waals surface area contributed by atoms with Crippen LogP contribution < -0.4 is 5.32 Å². The third-order valence-corrected chi connectivity index (χ3v) is 3.68. The van der Waals surface area contributed by atoms with Crippen LogP contribution in [-0.2, 0) is 6.54 Å². The molecule has 0 radical (unpaired) electrons. The van der Waals surface area contributed by atoms with E-state index in [1.807, 2.05) is 6.92 Å². The lowest BCUT2D eigenvalue weighted by Crippen LogP contribution is -2.25. The molecule has 2 fully saturated rings. The Kier molecular flexibility index (Phi) is 2.67. The van der Waals surface area contributed by atoms with Crippen LogP contribution in [0.1, 0.15) is 37.5 Å². The molecule has 2 aliphatic rings. The van der Waals surface area contributed by atoms with E-state index in [2.05, 4.69) is 15.5 Å². The molecule has 2 saturated carbocycles. The molecule has 0 atom stereocenters. The standard InChI is InChI=1S/C12H19N3O/c1-8-14-15-12(16-8)7-13-6-11(9-2-3-9)10-4-5-10/h9-11,13H,2-7H2,1H3. The van der Waals surface area contributed by atoms with Crippen molar-refractivity contribution < 1.29 is 4.42 Å². The highest BCUT2D eigenvalue weighted by atomic mass is 16.4. The molecule has 4 nitrogen and oxygen atoms in total. The summed E-state index contributed by atoms with van der Waals surface area (Å²) >= 11 is 0. The quantitative estimate of drug-likeness (QED) is 0.797. The van der Waals surface area contributed by atoms with Crippen LogP contribution in [0.2, 0.25) is 0 Å². The number of aromatic nitrogens is 2. The van der Waals surface area contributed by atoms with Crippen LogP contribution >= 0.6 is 0 Å². The summed E-state index contributed by atoms with van der Waals surface area (Å²) < 4.78 is 5.33. The number of hydrogen-bond acceptors (Lipinski definition) is 4. The van der Waals surface area contributed by atoms with Crippen molar-refractivity contribution in [3.63, 3.8) is 0 Å². The Bertz CT molecular complexity index is 343. The first kappa shape index (κ1) is 10.3. The summed E-state index contributed by atoms with van der Waals surface area (Å²) in [6, 6.07) is 0. The Balaban J connectivity index is 1.44.